The van der Waals surface area contributed by atoms with Crippen LogP contribution in [0.4, 0.5) is 0 Å². The number of aryl methyl sites for hydroxylation is 1. The van der Waals surface area contributed by atoms with Crippen molar-refractivity contribution in [3.05, 3.63) is 35.4 Å². The van der Waals surface area contributed by atoms with Crippen molar-refractivity contribution in [2.75, 3.05) is 0 Å². The van der Waals surface area contributed by atoms with E-state index in [1.54, 1.807) is 0 Å². The van der Waals surface area contributed by atoms with E-state index in [-0.39, 0.29) is 5.92 Å². The second-order valence-electron chi connectivity index (χ2n) is 5.39. The van der Waals surface area contributed by atoms with Gasteiger partial charge in [0.25, 0.3) is 0 Å². The largest absolute Gasteiger partial charge is 0.299 e. The highest BCUT2D eigenvalue weighted by atomic mass is 16.1. The molecule has 0 aliphatic heterocycles. The molecular weight excluding hydrogens is 220 g/mol. The summed E-state index contributed by atoms with van der Waals surface area (Å²) in [5.74, 6) is 0.792. The molecule has 1 unspecified atom stereocenters. The molecule has 0 spiro atoms. The molecule has 0 bridgehead atoms. The van der Waals surface area contributed by atoms with Gasteiger partial charge in [-0.05, 0) is 29.9 Å². The maximum absolute atomic E-state index is 12.0. The van der Waals surface area contributed by atoms with E-state index in [9.17, 15) is 4.79 Å². The molecule has 0 N–H and O–H groups in total. The third-order valence-electron chi connectivity index (χ3n) is 3.52. The monoisotopic (exact) mass is 246 g/mol. The SMILES string of the molecule is CCCCc1ccc(C(C(=O)CC)C(C)C)cc1. The number of hydrogen-bond acceptors (Lipinski definition) is 1. The molecule has 1 aromatic rings. The second kappa shape index (κ2) is 7.35. The number of ketones is 1. The van der Waals surface area contributed by atoms with Gasteiger partial charge in [0, 0.05) is 12.3 Å². The maximum atomic E-state index is 12.0. The first-order valence-corrected chi connectivity index (χ1v) is 7.21. The van der Waals surface area contributed by atoms with E-state index in [0.717, 1.165) is 6.42 Å². The minimum absolute atomic E-state index is 0.0650. The number of hydrogen-bond donors (Lipinski definition) is 0. The minimum Gasteiger partial charge on any atom is -0.299 e. The average molecular weight is 246 g/mol. The summed E-state index contributed by atoms with van der Waals surface area (Å²) in [6.07, 6.45) is 4.23. The van der Waals surface area contributed by atoms with Gasteiger partial charge in [-0.2, -0.15) is 0 Å². The average Bonchev–Trinajstić information content (AvgIpc) is 2.37. The Bertz CT molecular complexity index is 362. The summed E-state index contributed by atoms with van der Waals surface area (Å²) in [4.78, 5) is 12.0. The van der Waals surface area contributed by atoms with Gasteiger partial charge in [-0.3, -0.25) is 4.79 Å². The third-order valence-corrected chi connectivity index (χ3v) is 3.52. The fraction of sp³-hybridized carbons (Fsp3) is 0.588. The van der Waals surface area contributed by atoms with Crippen LogP contribution in [-0.4, -0.2) is 5.78 Å². The van der Waals surface area contributed by atoms with Crippen LogP contribution in [0.1, 0.15) is 64.0 Å². The van der Waals surface area contributed by atoms with Crippen molar-refractivity contribution in [1.82, 2.24) is 0 Å². The van der Waals surface area contributed by atoms with E-state index < -0.39 is 0 Å². The molecular formula is C17H26O. The van der Waals surface area contributed by atoms with Crippen molar-refractivity contribution in [2.24, 2.45) is 5.92 Å². The first-order valence-electron chi connectivity index (χ1n) is 7.21. The Hall–Kier alpha value is -1.11. The van der Waals surface area contributed by atoms with Crippen molar-refractivity contribution < 1.29 is 4.79 Å². The van der Waals surface area contributed by atoms with E-state index >= 15 is 0 Å². The summed E-state index contributed by atoms with van der Waals surface area (Å²) in [5, 5.41) is 0. The maximum Gasteiger partial charge on any atom is 0.140 e. The Kier molecular flexibility index (Phi) is 6.11. The predicted molar refractivity (Wildman–Crippen MR) is 77.9 cm³/mol. The smallest absolute Gasteiger partial charge is 0.140 e. The summed E-state index contributed by atoms with van der Waals surface area (Å²) < 4.78 is 0. The van der Waals surface area contributed by atoms with Crippen LogP contribution in [0, 0.1) is 5.92 Å². The number of carbonyl (C=O) groups excluding carboxylic acids is 1. The Morgan fingerprint density at radius 1 is 1.11 bits per heavy atom. The highest BCUT2D eigenvalue weighted by Gasteiger charge is 2.22. The molecule has 0 aliphatic carbocycles. The van der Waals surface area contributed by atoms with E-state index in [4.69, 9.17) is 0 Å². The zero-order valence-corrected chi connectivity index (χ0v) is 12.2. The van der Waals surface area contributed by atoms with E-state index in [0.29, 0.717) is 18.1 Å². The third kappa shape index (κ3) is 3.97. The molecule has 0 saturated carbocycles. The molecule has 0 radical (unpaired) electrons. The topological polar surface area (TPSA) is 17.1 Å². The summed E-state index contributed by atoms with van der Waals surface area (Å²) in [5.41, 5.74) is 2.56. The fourth-order valence-electron chi connectivity index (χ4n) is 2.44. The van der Waals surface area contributed by atoms with Crippen molar-refractivity contribution >= 4 is 5.78 Å². The van der Waals surface area contributed by atoms with Crippen molar-refractivity contribution in [3.63, 3.8) is 0 Å². The molecule has 1 heteroatoms. The van der Waals surface area contributed by atoms with Crippen molar-refractivity contribution in [3.8, 4) is 0 Å². The van der Waals surface area contributed by atoms with Crippen molar-refractivity contribution in [2.45, 2.75) is 59.3 Å². The van der Waals surface area contributed by atoms with Gasteiger partial charge >= 0.3 is 0 Å². The lowest BCUT2D eigenvalue weighted by Crippen LogP contribution is -2.17. The molecule has 0 aliphatic rings. The van der Waals surface area contributed by atoms with Gasteiger partial charge in [-0.25, -0.2) is 0 Å². The van der Waals surface area contributed by atoms with Gasteiger partial charge in [0.1, 0.15) is 5.78 Å². The van der Waals surface area contributed by atoms with Gasteiger partial charge in [-0.15, -0.1) is 0 Å². The first kappa shape index (κ1) is 14.9. The molecule has 100 valence electrons. The van der Waals surface area contributed by atoms with Crippen LogP contribution in [0.15, 0.2) is 24.3 Å². The lowest BCUT2D eigenvalue weighted by Gasteiger charge is -2.19. The Labute approximate surface area is 112 Å². The van der Waals surface area contributed by atoms with Crippen molar-refractivity contribution in [1.29, 1.82) is 0 Å². The minimum atomic E-state index is 0.0650. The summed E-state index contributed by atoms with van der Waals surface area (Å²) in [7, 11) is 0. The van der Waals surface area contributed by atoms with E-state index in [1.807, 2.05) is 6.92 Å². The van der Waals surface area contributed by atoms with Crippen LogP contribution in [0.5, 0.6) is 0 Å². The zero-order chi connectivity index (χ0) is 13.5. The quantitative estimate of drug-likeness (QED) is 0.678. The van der Waals surface area contributed by atoms with E-state index in [2.05, 4.69) is 45.0 Å². The summed E-state index contributed by atoms with van der Waals surface area (Å²) >= 11 is 0. The molecule has 0 fully saturated rings. The number of Topliss-reactive ketones (excluding diaryl/α,β-unsaturated/α-hetero) is 1. The Morgan fingerprint density at radius 2 is 1.72 bits per heavy atom. The van der Waals surface area contributed by atoms with Gasteiger partial charge in [-0.1, -0.05) is 58.4 Å². The van der Waals surface area contributed by atoms with Gasteiger partial charge in [0.15, 0.2) is 0 Å². The molecule has 18 heavy (non-hydrogen) atoms. The lowest BCUT2D eigenvalue weighted by molar-refractivity contribution is -0.121. The standard InChI is InChI=1S/C17H26O/c1-5-7-8-14-9-11-15(12-10-14)17(13(3)4)16(18)6-2/h9-13,17H,5-8H2,1-4H3. The van der Waals surface area contributed by atoms with Gasteiger partial charge in [0.05, 0.1) is 0 Å². The predicted octanol–water partition coefficient (Wildman–Crippen LogP) is 4.75. The molecule has 0 saturated heterocycles. The molecule has 1 rings (SSSR count). The number of unbranched alkanes of at least 4 members (excludes halogenated alkanes) is 1. The molecule has 0 heterocycles. The summed E-state index contributed by atoms with van der Waals surface area (Å²) in [6, 6.07) is 8.65. The first-order chi connectivity index (χ1) is 8.60. The fourth-order valence-corrected chi connectivity index (χ4v) is 2.44. The van der Waals surface area contributed by atoms with Crippen LogP contribution < -0.4 is 0 Å². The molecule has 0 amide bonds. The van der Waals surface area contributed by atoms with Crippen LogP contribution >= 0.6 is 0 Å². The van der Waals surface area contributed by atoms with Crippen LogP contribution in [-0.2, 0) is 11.2 Å². The second-order valence-corrected chi connectivity index (χ2v) is 5.39. The van der Waals surface area contributed by atoms with Gasteiger partial charge in [0.2, 0.25) is 0 Å². The van der Waals surface area contributed by atoms with Crippen LogP contribution in [0.25, 0.3) is 0 Å². The lowest BCUT2D eigenvalue weighted by atomic mass is 9.83. The van der Waals surface area contributed by atoms with Crippen LogP contribution in [0.3, 0.4) is 0 Å². The Balaban J connectivity index is 2.84. The molecule has 0 aromatic heterocycles. The Morgan fingerprint density at radius 3 is 2.17 bits per heavy atom. The molecule has 1 nitrogen and oxygen atoms in total. The number of rotatable bonds is 7. The number of carbonyl (C=O) groups is 1. The highest BCUT2D eigenvalue weighted by Crippen LogP contribution is 2.27. The highest BCUT2D eigenvalue weighted by molar-refractivity contribution is 5.85. The van der Waals surface area contributed by atoms with Gasteiger partial charge < -0.3 is 0 Å². The van der Waals surface area contributed by atoms with E-state index in [1.165, 1.54) is 24.0 Å². The molecule has 1 atom stereocenters. The van der Waals surface area contributed by atoms with Crippen LogP contribution in [0.2, 0.25) is 0 Å². The molecule has 1 aromatic carbocycles. The number of benzene rings is 1. The normalized spacial score (nSPS) is 12.7. The zero-order valence-electron chi connectivity index (χ0n) is 12.2. The summed E-state index contributed by atoms with van der Waals surface area (Å²) in [6.45, 7) is 8.42.